The molecule has 34 heavy (non-hydrogen) atoms. The summed E-state index contributed by atoms with van der Waals surface area (Å²) in [4.78, 5) is 16.4. The Morgan fingerprint density at radius 3 is 2.35 bits per heavy atom. The van der Waals surface area contributed by atoms with Crippen molar-refractivity contribution in [2.45, 2.75) is 42.7 Å². The third-order valence-corrected chi connectivity index (χ3v) is 8.29. The first kappa shape index (κ1) is 26.5. The van der Waals surface area contributed by atoms with Gasteiger partial charge in [0, 0.05) is 18.6 Å². The number of carbonyl (C=O) groups is 1. The minimum atomic E-state index is -3.85. The third-order valence-electron chi connectivity index (χ3n) is 6.07. The molecule has 3 rings (SSSR count). The van der Waals surface area contributed by atoms with E-state index in [2.05, 4.69) is 4.90 Å². The average Bonchev–Trinajstić information content (AvgIpc) is 2.82. The number of hydrogen-bond acceptors (Lipinski definition) is 5. The number of benzene rings is 2. The number of nitrogens with zero attached hydrogens (tertiary/aromatic N) is 3. The Labute approximate surface area is 208 Å². The molecule has 1 fully saturated rings. The molecule has 0 aliphatic carbocycles. The maximum Gasteiger partial charge on any atom is 0.409 e. The van der Waals surface area contributed by atoms with E-state index in [4.69, 9.17) is 16.3 Å². The van der Waals surface area contributed by atoms with Crippen LogP contribution in [0.3, 0.4) is 0 Å². The summed E-state index contributed by atoms with van der Waals surface area (Å²) in [7, 11) is 1.82. The normalized spacial score (nSPS) is 19.2. The lowest BCUT2D eigenvalue weighted by Gasteiger charge is -2.41. The van der Waals surface area contributed by atoms with Crippen LogP contribution in [0.1, 0.15) is 37.3 Å². The van der Waals surface area contributed by atoms with Crippen molar-refractivity contribution >= 4 is 27.7 Å². The summed E-state index contributed by atoms with van der Waals surface area (Å²) in [5, 5.41) is 0.472. The summed E-state index contributed by atoms with van der Waals surface area (Å²) in [6.07, 6.45) is 2.55. The first-order valence-electron chi connectivity index (χ1n) is 11.6. The summed E-state index contributed by atoms with van der Waals surface area (Å²) in [6.45, 7) is 1.44. The molecule has 0 spiro atoms. The Kier molecular flexibility index (Phi) is 9.36. The smallest absolute Gasteiger partial charge is 0.409 e. The number of amides is 1. The van der Waals surface area contributed by atoms with Crippen molar-refractivity contribution in [2.75, 3.05) is 40.8 Å². The van der Waals surface area contributed by atoms with Gasteiger partial charge in [-0.3, -0.25) is 0 Å². The zero-order valence-corrected chi connectivity index (χ0v) is 21.6. The van der Waals surface area contributed by atoms with E-state index in [9.17, 15) is 13.2 Å². The quantitative estimate of drug-likeness (QED) is 0.494. The van der Waals surface area contributed by atoms with Crippen molar-refractivity contribution in [3.8, 4) is 0 Å². The van der Waals surface area contributed by atoms with Gasteiger partial charge >= 0.3 is 6.09 Å². The lowest BCUT2D eigenvalue weighted by Crippen LogP contribution is -2.48. The molecular weight excluding hydrogens is 474 g/mol. The van der Waals surface area contributed by atoms with Crippen LogP contribution < -0.4 is 0 Å². The second-order valence-electron chi connectivity index (χ2n) is 8.96. The summed E-state index contributed by atoms with van der Waals surface area (Å²) in [5.41, 5.74) is 0.928. The van der Waals surface area contributed by atoms with Gasteiger partial charge in [-0.1, -0.05) is 41.9 Å². The molecule has 1 aliphatic heterocycles. The number of piperidine rings is 1. The average molecular weight is 508 g/mol. The van der Waals surface area contributed by atoms with E-state index in [1.807, 2.05) is 44.4 Å². The Morgan fingerprint density at radius 2 is 1.71 bits per heavy atom. The third kappa shape index (κ3) is 6.72. The molecule has 2 aromatic carbocycles. The monoisotopic (exact) mass is 507 g/mol. The highest BCUT2D eigenvalue weighted by atomic mass is 35.5. The number of sulfonamides is 1. The molecule has 1 aliphatic rings. The van der Waals surface area contributed by atoms with Crippen LogP contribution in [0.15, 0.2) is 59.5 Å². The van der Waals surface area contributed by atoms with E-state index in [0.29, 0.717) is 24.4 Å². The molecule has 0 radical (unpaired) electrons. The Balaban J connectivity index is 1.81. The van der Waals surface area contributed by atoms with Gasteiger partial charge in [-0.05, 0) is 76.2 Å². The maximum absolute atomic E-state index is 13.8. The topological polar surface area (TPSA) is 70.2 Å². The van der Waals surface area contributed by atoms with Crippen LogP contribution in [0.25, 0.3) is 0 Å². The first-order chi connectivity index (χ1) is 16.2. The second kappa shape index (κ2) is 12.0. The number of carbonyl (C=O) groups excluding carboxylic acids is 1. The van der Waals surface area contributed by atoms with Crippen molar-refractivity contribution < 1.29 is 17.9 Å². The molecule has 2 aromatic rings. The minimum absolute atomic E-state index is 0.00695. The van der Waals surface area contributed by atoms with Crippen LogP contribution in [0.4, 0.5) is 4.79 Å². The van der Waals surface area contributed by atoms with Crippen LogP contribution >= 0.6 is 11.6 Å². The molecule has 1 heterocycles. The van der Waals surface area contributed by atoms with E-state index < -0.39 is 22.2 Å². The van der Waals surface area contributed by atoms with Crippen LogP contribution in [-0.4, -0.2) is 75.5 Å². The summed E-state index contributed by atoms with van der Waals surface area (Å²) < 4.78 is 34.8. The SMILES string of the molecule is CN(C)CCCN(C)C(=O)OC[C@H]1CCC[C@@H](c2ccccc2)N1S(=O)(=O)c1ccc(Cl)cc1. The van der Waals surface area contributed by atoms with Crippen molar-refractivity contribution in [1.82, 2.24) is 14.1 Å². The van der Waals surface area contributed by atoms with Crippen molar-refractivity contribution in [3.05, 3.63) is 65.2 Å². The summed E-state index contributed by atoms with van der Waals surface area (Å²) in [5.74, 6) is 0. The van der Waals surface area contributed by atoms with Crippen LogP contribution in [0.2, 0.25) is 5.02 Å². The van der Waals surface area contributed by atoms with E-state index in [-0.39, 0.29) is 17.5 Å². The molecule has 9 heteroatoms. The van der Waals surface area contributed by atoms with Gasteiger partial charge in [0.05, 0.1) is 17.0 Å². The highest BCUT2D eigenvalue weighted by Gasteiger charge is 2.41. The molecule has 7 nitrogen and oxygen atoms in total. The molecule has 0 unspecified atom stereocenters. The molecule has 2 atom stereocenters. The first-order valence-corrected chi connectivity index (χ1v) is 13.4. The van der Waals surface area contributed by atoms with Crippen LogP contribution in [0.5, 0.6) is 0 Å². The Hall–Kier alpha value is -2.13. The highest BCUT2D eigenvalue weighted by molar-refractivity contribution is 7.89. The van der Waals surface area contributed by atoms with Crippen LogP contribution in [-0.2, 0) is 14.8 Å². The van der Waals surface area contributed by atoms with Gasteiger partial charge in [0.25, 0.3) is 0 Å². The molecule has 1 amide bonds. The lowest BCUT2D eigenvalue weighted by atomic mass is 9.93. The fourth-order valence-electron chi connectivity index (χ4n) is 4.29. The maximum atomic E-state index is 13.8. The number of halogens is 1. The van der Waals surface area contributed by atoms with Gasteiger partial charge < -0.3 is 14.5 Å². The molecule has 0 saturated carbocycles. The van der Waals surface area contributed by atoms with E-state index in [1.54, 1.807) is 24.1 Å². The zero-order chi connectivity index (χ0) is 24.7. The van der Waals surface area contributed by atoms with Gasteiger partial charge in [-0.2, -0.15) is 4.31 Å². The molecule has 0 N–H and O–H groups in total. The van der Waals surface area contributed by atoms with E-state index in [1.165, 1.54) is 16.4 Å². The predicted molar refractivity (Wildman–Crippen MR) is 134 cm³/mol. The zero-order valence-electron chi connectivity index (χ0n) is 20.1. The van der Waals surface area contributed by atoms with E-state index >= 15 is 0 Å². The Morgan fingerprint density at radius 1 is 1.03 bits per heavy atom. The molecule has 186 valence electrons. The van der Waals surface area contributed by atoms with Gasteiger partial charge in [0.2, 0.25) is 10.0 Å². The van der Waals surface area contributed by atoms with Crippen molar-refractivity contribution in [3.63, 3.8) is 0 Å². The largest absolute Gasteiger partial charge is 0.448 e. The van der Waals surface area contributed by atoms with Gasteiger partial charge in [0.1, 0.15) is 6.61 Å². The fraction of sp³-hybridized carbons (Fsp3) is 0.480. The van der Waals surface area contributed by atoms with Crippen LogP contribution in [0, 0.1) is 0 Å². The minimum Gasteiger partial charge on any atom is -0.448 e. The van der Waals surface area contributed by atoms with E-state index in [0.717, 1.165) is 24.9 Å². The van der Waals surface area contributed by atoms with Gasteiger partial charge in [0.15, 0.2) is 0 Å². The predicted octanol–water partition coefficient (Wildman–Crippen LogP) is 4.64. The van der Waals surface area contributed by atoms with Gasteiger partial charge in [-0.25, -0.2) is 13.2 Å². The van der Waals surface area contributed by atoms with Crippen molar-refractivity contribution in [2.24, 2.45) is 0 Å². The summed E-state index contributed by atoms with van der Waals surface area (Å²) in [6, 6.07) is 15.0. The molecule has 1 saturated heterocycles. The fourth-order valence-corrected chi connectivity index (χ4v) is 6.26. The van der Waals surface area contributed by atoms with Gasteiger partial charge in [-0.15, -0.1) is 0 Å². The molecular formula is C25H34ClN3O4S. The summed E-state index contributed by atoms with van der Waals surface area (Å²) >= 11 is 6.00. The highest BCUT2D eigenvalue weighted by Crippen LogP contribution is 2.39. The molecule has 0 aromatic heterocycles. The van der Waals surface area contributed by atoms with Crippen molar-refractivity contribution in [1.29, 1.82) is 0 Å². The number of ether oxygens (including phenoxy) is 1. The number of hydrogen-bond donors (Lipinski definition) is 0. The lowest BCUT2D eigenvalue weighted by molar-refractivity contribution is 0.0662. The molecule has 0 bridgehead atoms. The Bertz CT molecular complexity index is 1030. The second-order valence-corrected chi connectivity index (χ2v) is 11.2. The standard InChI is InChI=1S/C25H34ClN3O4S/c1-27(2)17-8-18-28(3)25(30)33-19-22-11-7-12-24(20-9-5-4-6-10-20)29(22)34(31,32)23-15-13-21(26)14-16-23/h4-6,9-10,13-16,22,24H,7-8,11-12,17-19H2,1-3H3/t22-,24+/m1/s1. The number of rotatable bonds is 9.